The minimum Gasteiger partial charge on any atom is -0.264 e. The molecule has 2 aromatic heterocycles. The first-order valence-corrected chi connectivity index (χ1v) is 8.75. The molecule has 0 saturated carbocycles. The third-order valence-electron chi connectivity index (χ3n) is 5.38. The zero-order valence-electron chi connectivity index (χ0n) is 14.0. The van der Waals surface area contributed by atoms with Gasteiger partial charge < -0.3 is 0 Å². The first kappa shape index (κ1) is 13.7. The van der Waals surface area contributed by atoms with Crippen molar-refractivity contribution in [1.82, 2.24) is 9.97 Å². The highest BCUT2D eigenvalue weighted by Crippen LogP contribution is 2.38. The molecule has 0 spiro atoms. The summed E-state index contributed by atoms with van der Waals surface area (Å²) in [6.07, 6.45) is 7.66. The Morgan fingerprint density at radius 3 is 1.23 bits per heavy atom. The topological polar surface area (TPSA) is 25.8 Å². The molecular weight excluding hydrogens is 316 g/mol. The lowest BCUT2D eigenvalue weighted by atomic mass is 9.91. The Kier molecular flexibility index (Phi) is 2.64. The van der Waals surface area contributed by atoms with Crippen molar-refractivity contribution in [3.63, 3.8) is 0 Å². The Balaban J connectivity index is 2.03. The molecule has 6 rings (SSSR count). The maximum absolute atomic E-state index is 4.30. The first-order valence-electron chi connectivity index (χ1n) is 8.75. The van der Waals surface area contributed by atoms with E-state index in [2.05, 4.69) is 70.6 Å². The van der Waals surface area contributed by atoms with Gasteiger partial charge in [-0.1, -0.05) is 48.5 Å². The molecule has 6 aromatic rings. The van der Waals surface area contributed by atoms with Crippen LogP contribution in [0.5, 0.6) is 0 Å². The lowest BCUT2D eigenvalue weighted by molar-refractivity contribution is 1.37. The van der Waals surface area contributed by atoms with E-state index in [4.69, 9.17) is 0 Å². The second kappa shape index (κ2) is 4.99. The lowest BCUT2D eigenvalue weighted by Crippen LogP contribution is -1.86. The van der Waals surface area contributed by atoms with Crippen LogP contribution >= 0.6 is 0 Å². The van der Waals surface area contributed by atoms with Gasteiger partial charge in [0.25, 0.3) is 0 Å². The van der Waals surface area contributed by atoms with Gasteiger partial charge in [-0.2, -0.15) is 0 Å². The number of aromatic nitrogens is 2. The molecule has 26 heavy (non-hydrogen) atoms. The van der Waals surface area contributed by atoms with Gasteiger partial charge in [-0.05, 0) is 55.2 Å². The van der Waals surface area contributed by atoms with Gasteiger partial charge in [0.1, 0.15) is 0 Å². The maximum Gasteiger partial charge on any atom is 0.0346 e. The van der Waals surface area contributed by atoms with Crippen LogP contribution < -0.4 is 0 Å². The summed E-state index contributed by atoms with van der Waals surface area (Å²) in [6.45, 7) is 0. The molecule has 0 bridgehead atoms. The molecule has 2 heteroatoms. The number of pyridine rings is 2. The van der Waals surface area contributed by atoms with Gasteiger partial charge in [-0.3, -0.25) is 9.97 Å². The van der Waals surface area contributed by atoms with Gasteiger partial charge in [-0.25, -0.2) is 0 Å². The van der Waals surface area contributed by atoms with Gasteiger partial charge in [-0.15, -0.1) is 0 Å². The number of fused-ring (bicyclic) bond motifs is 9. The van der Waals surface area contributed by atoms with Crippen molar-refractivity contribution in [3.05, 3.63) is 85.5 Å². The summed E-state index contributed by atoms with van der Waals surface area (Å²) in [5, 5.41) is 12.5. The van der Waals surface area contributed by atoms with E-state index in [1.807, 2.05) is 24.8 Å². The van der Waals surface area contributed by atoms with Crippen LogP contribution in [0.4, 0.5) is 0 Å². The molecule has 0 atom stereocenters. The molecule has 0 amide bonds. The molecule has 0 aliphatic carbocycles. The minimum absolute atomic E-state index is 1.17. The Bertz CT molecular complexity index is 1360. The van der Waals surface area contributed by atoms with E-state index < -0.39 is 0 Å². The summed E-state index contributed by atoms with van der Waals surface area (Å²) >= 11 is 0. The van der Waals surface area contributed by atoms with Crippen molar-refractivity contribution in [2.45, 2.75) is 0 Å². The lowest BCUT2D eigenvalue weighted by Gasteiger charge is -2.12. The monoisotopic (exact) mass is 330 g/mol. The van der Waals surface area contributed by atoms with E-state index in [-0.39, 0.29) is 0 Å². The maximum atomic E-state index is 4.30. The van der Waals surface area contributed by atoms with Crippen LogP contribution in [0.25, 0.3) is 53.9 Å². The average molecular weight is 330 g/mol. The smallest absolute Gasteiger partial charge is 0.0346 e. The van der Waals surface area contributed by atoms with Crippen molar-refractivity contribution in [3.8, 4) is 0 Å². The van der Waals surface area contributed by atoms with Crippen LogP contribution in [-0.2, 0) is 0 Å². The van der Waals surface area contributed by atoms with Crippen LogP contribution in [0.1, 0.15) is 0 Å². The molecule has 2 nitrogen and oxygen atoms in total. The van der Waals surface area contributed by atoms with Crippen molar-refractivity contribution >= 4 is 53.9 Å². The zero-order chi connectivity index (χ0) is 17.1. The molecule has 0 saturated heterocycles. The van der Waals surface area contributed by atoms with Crippen molar-refractivity contribution in [2.24, 2.45) is 0 Å². The van der Waals surface area contributed by atoms with Crippen LogP contribution in [0.15, 0.2) is 85.5 Å². The van der Waals surface area contributed by atoms with Crippen LogP contribution in [-0.4, -0.2) is 9.97 Å². The quantitative estimate of drug-likeness (QED) is 0.308. The van der Waals surface area contributed by atoms with Gasteiger partial charge in [0, 0.05) is 35.6 Å². The summed E-state index contributed by atoms with van der Waals surface area (Å²) in [5.41, 5.74) is 0. The highest BCUT2D eigenvalue weighted by molar-refractivity contribution is 6.31. The van der Waals surface area contributed by atoms with E-state index in [0.717, 1.165) is 0 Å². The molecular formula is C24H14N2. The molecule has 0 fully saturated rings. The second-order valence-corrected chi connectivity index (χ2v) is 6.75. The molecule has 0 unspecified atom stereocenters. The summed E-state index contributed by atoms with van der Waals surface area (Å²) in [7, 11) is 0. The normalized spacial score (nSPS) is 11.8. The van der Waals surface area contributed by atoms with Crippen LogP contribution in [0.2, 0.25) is 0 Å². The van der Waals surface area contributed by atoms with E-state index in [9.17, 15) is 0 Å². The van der Waals surface area contributed by atoms with Crippen LogP contribution in [0, 0.1) is 0 Å². The van der Waals surface area contributed by atoms with Crippen LogP contribution in [0.3, 0.4) is 0 Å². The predicted molar refractivity (Wildman–Crippen MR) is 110 cm³/mol. The molecule has 0 aliphatic rings. The predicted octanol–water partition coefficient (Wildman–Crippen LogP) is 6.24. The fraction of sp³-hybridized carbons (Fsp3) is 0. The summed E-state index contributed by atoms with van der Waals surface area (Å²) in [4.78, 5) is 8.61. The average Bonchev–Trinajstić information content (AvgIpc) is 2.72. The van der Waals surface area contributed by atoms with E-state index in [1.165, 1.54) is 53.9 Å². The summed E-state index contributed by atoms with van der Waals surface area (Å²) in [5.74, 6) is 0. The van der Waals surface area contributed by atoms with Gasteiger partial charge >= 0.3 is 0 Å². The summed E-state index contributed by atoms with van der Waals surface area (Å²) in [6, 6.07) is 21.9. The Hall–Kier alpha value is -3.52. The number of hydrogen-bond acceptors (Lipinski definition) is 2. The Labute approximate surface area is 149 Å². The highest BCUT2D eigenvalue weighted by atomic mass is 14.6. The number of rotatable bonds is 0. The molecule has 0 radical (unpaired) electrons. The molecule has 2 heterocycles. The zero-order valence-corrected chi connectivity index (χ0v) is 14.0. The molecule has 0 aliphatic heterocycles. The first-order chi connectivity index (χ1) is 12.9. The third kappa shape index (κ3) is 1.76. The largest absolute Gasteiger partial charge is 0.264 e. The molecule has 0 N–H and O–H groups in total. The Morgan fingerprint density at radius 2 is 0.769 bits per heavy atom. The fourth-order valence-electron chi connectivity index (χ4n) is 4.20. The van der Waals surface area contributed by atoms with E-state index >= 15 is 0 Å². The minimum atomic E-state index is 1.17. The Morgan fingerprint density at radius 1 is 0.385 bits per heavy atom. The van der Waals surface area contributed by atoms with Crippen molar-refractivity contribution in [2.75, 3.05) is 0 Å². The van der Waals surface area contributed by atoms with Gasteiger partial charge in [0.15, 0.2) is 0 Å². The molecule has 120 valence electrons. The van der Waals surface area contributed by atoms with Gasteiger partial charge in [0.2, 0.25) is 0 Å². The van der Waals surface area contributed by atoms with Gasteiger partial charge in [0.05, 0.1) is 0 Å². The fourth-order valence-corrected chi connectivity index (χ4v) is 4.20. The number of hydrogen-bond donors (Lipinski definition) is 0. The number of benzene rings is 4. The third-order valence-corrected chi connectivity index (χ3v) is 5.38. The molecule has 4 aromatic carbocycles. The second-order valence-electron chi connectivity index (χ2n) is 6.75. The van der Waals surface area contributed by atoms with E-state index in [0.29, 0.717) is 0 Å². The SMILES string of the molecule is c1cc2c(ccc3ccc4ccc5ccc6cnccc6c5c4c32)cn1. The van der Waals surface area contributed by atoms with E-state index in [1.54, 1.807) is 0 Å². The van der Waals surface area contributed by atoms with Crippen molar-refractivity contribution in [1.29, 1.82) is 0 Å². The standard InChI is InChI=1S/C24H14N2/c1-3-17-4-2-16-6-8-19-14-26-12-10-21(19)23(16)24(17)22-15(1)5-7-18-13-25-11-9-20(18)22/h1-14H. The summed E-state index contributed by atoms with van der Waals surface area (Å²) < 4.78 is 0. The number of nitrogens with zero attached hydrogens (tertiary/aromatic N) is 2. The highest BCUT2D eigenvalue weighted by Gasteiger charge is 2.11. The van der Waals surface area contributed by atoms with Crippen molar-refractivity contribution < 1.29 is 0 Å².